The molecule has 0 saturated heterocycles. The molecule has 0 unspecified atom stereocenters. The highest BCUT2D eigenvalue weighted by molar-refractivity contribution is 6.11. The molecule has 0 bridgehead atoms. The van der Waals surface area contributed by atoms with Crippen molar-refractivity contribution in [2.75, 3.05) is 5.32 Å². The summed E-state index contributed by atoms with van der Waals surface area (Å²) in [6.45, 7) is 3.89. The van der Waals surface area contributed by atoms with Crippen molar-refractivity contribution in [2.24, 2.45) is 0 Å². The van der Waals surface area contributed by atoms with Gasteiger partial charge in [-0.15, -0.1) is 0 Å². The molecule has 0 aliphatic rings. The Labute approximate surface area is 208 Å². The Balaban J connectivity index is 1.70. The van der Waals surface area contributed by atoms with Gasteiger partial charge in [-0.05, 0) is 59.5 Å². The van der Waals surface area contributed by atoms with Gasteiger partial charge in [-0.1, -0.05) is 54.6 Å². The van der Waals surface area contributed by atoms with E-state index in [0.717, 1.165) is 21.9 Å². The molecule has 0 radical (unpaired) electrons. The molecule has 1 amide bonds. The van der Waals surface area contributed by atoms with Crippen LogP contribution in [0.15, 0.2) is 84.4 Å². The van der Waals surface area contributed by atoms with Crippen LogP contribution in [-0.4, -0.2) is 10.8 Å². The van der Waals surface area contributed by atoms with Crippen molar-refractivity contribution in [1.29, 1.82) is 5.26 Å². The molecule has 1 N–H and O–H groups in total. The third-order valence-corrected chi connectivity index (χ3v) is 5.74. The summed E-state index contributed by atoms with van der Waals surface area (Å²) in [5.74, 6) is -0.0729. The minimum Gasteiger partial charge on any atom is -0.488 e. The van der Waals surface area contributed by atoms with Crippen LogP contribution in [0.3, 0.4) is 0 Å². The average molecular weight is 478 g/mol. The van der Waals surface area contributed by atoms with Crippen molar-refractivity contribution < 1.29 is 14.5 Å². The first-order valence-electron chi connectivity index (χ1n) is 11.2. The van der Waals surface area contributed by atoms with Crippen molar-refractivity contribution in [3.63, 3.8) is 0 Å². The molecule has 36 heavy (non-hydrogen) atoms. The number of benzene rings is 4. The minimum absolute atomic E-state index is 0.0235. The lowest BCUT2D eigenvalue weighted by Gasteiger charge is -2.13. The highest BCUT2D eigenvalue weighted by Crippen LogP contribution is 2.31. The SMILES string of the molecule is Cc1ccc(C)c(NC(=O)/C(C#N)=C/c2c(OCc3cccc([N+](=O)[O-])c3)ccc3ccccc23)c1. The van der Waals surface area contributed by atoms with E-state index in [4.69, 9.17) is 4.74 Å². The maximum Gasteiger partial charge on any atom is 0.269 e. The lowest BCUT2D eigenvalue weighted by molar-refractivity contribution is -0.384. The summed E-state index contributed by atoms with van der Waals surface area (Å²) in [6, 6.07) is 25.2. The zero-order valence-electron chi connectivity index (χ0n) is 19.8. The van der Waals surface area contributed by atoms with E-state index in [-0.39, 0.29) is 17.9 Å². The Hall–Kier alpha value is -4.96. The Morgan fingerprint density at radius 2 is 1.86 bits per heavy atom. The Morgan fingerprint density at radius 1 is 1.06 bits per heavy atom. The number of nitrogens with zero attached hydrogens (tertiary/aromatic N) is 2. The Bertz CT molecular complexity index is 1550. The predicted molar refractivity (Wildman–Crippen MR) is 140 cm³/mol. The van der Waals surface area contributed by atoms with E-state index in [1.807, 2.05) is 68.4 Å². The van der Waals surface area contributed by atoms with Gasteiger partial charge in [0.2, 0.25) is 0 Å². The smallest absolute Gasteiger partial charge is 0.269 e. The fourth-order valence-electron chi connectivity index (χ4n) is 3.82. The van der Waals surface area contributed by atoms with E-state index < -0.39 is 10.8 Å². The largest absolute Gasteiger partial charge is 0.488 e. The van der Waals surface area contributed by atoms with E-state index in [9.17, 15) is 20.2 Å². The maximum atomic E-state index is 13.0. The first-order chi connectivity index (χ1) is 17.4. The highest BCUT2D eigenvalue weighted by atomic mass is 16.6. The summed E-state index contributed by atoms with van der Waals surface area (Å²) in [5.41, 5.74) is 3.62. The average Bonchev–Trinajstić information content (AvgIpc) is 2.88. The van der Waals surface area contributed by atoms with Crippen LogP contribution in [0.25, 0.3) is 16.8 Å². The van der Waals surface area contributed by atoms with Crippen molar-refractivity contribution in [3.8, 4) is 11.8 Å². The molecule has 0 heterocycles. The first kappa shape index (κ1) is 24.2. The van der Waals surface area contributed by atoms with E-state index in [1.54, 1.807) is 18.2 Å². The van der Waals surface area contributed by atoms with Crippen LogP contribution in [0.1, 0.15) is 22.3 Å². The van der Waals surface area contributed by atoms with Gasteiger partial charge in [0, 0.05) is 23.4 Å². The van der Waals surface area contributed by atoms with Gasteiger partial charge < -0.3 is 10.1 Å². The van der Waals surface area contributed by atoms with Crippen LogP contribution >= 0.6 is 0 Å². The number of nitriles is 1. The second-order valence-electron chi connectivity index (χ2n) is 8.36. The standard InChI is InChI=1S/C29H23N3O4/c1-19-10-11-20(2)27(14-19)31-29(33)23(17-30)16-26-25-9-4-3-7-22(25)12-13-28(26)36-18-21-6-5-8-24(15-21)32(34)35/h3-16H,18H2,1-2H3,(H,31,33)/b23-16+. The fourth-order valence-corrected chi connectivity index (χ4v) is 3.82. The minimum atomic E-state index is -0.524. The lowest BCUT2D eigenvalue weighted by Crippen LogP contribution is -2.14. The molecule has 4 aromatic rings. The van der Waals surface area contributed by atoms with Crippen molar-refractivity contribution in [3.05, 3.63) is 117 Å². The van der Waals surface area contributed by atoms with Crippen LogP contribution in [0.2, 0.25) is 0 Å². The summed E-state index contributed by atoms with van der Waals surface area (Å²) in [6.07, 6.45) is 1.52. The summed E-state index contributed by atoms with van der Waals surface area (Å²) in [7, 11) is 0. The van der Waals surface area contributed by atoms with Gasteiger partial charge in [-0.3, -0.25) is 14.9 Å². The molecule has 4 aromatic carbocycles. The molecular formula is C29H23N3O4. The molecular weight excluding hydrogens is 454 g/mol. The number of aryl methyl sites for hydroxylation is 2. The zero-order valence-corrected chi connectivity index (χ0v) is 19.8. The quantitative estimate of drug-likeness (QED) is 0.142. The van der Waals surface area contributed by atoms with E-state index in [0.29, 0.717) is 22.6 Å². The van der Waals surface area contributed by atoms with E-state index >= 15 is 0 Å². The number of carbonyl (C=O) groups is 1. The number of hydrogen-bond donors (Lipinski definition) is 1. The Morgan fingerprint density at radius 3 is 2.64 bits per heavy atom. The molecule has 178 valence electrons. The summed E-state index contributed by atoms with van der Waals surface area (Å²) in [5, 5.41) is 25.5. The van der Waals surface area contributed by atoms with Crippen LogP contribution in [0, 0.1) is 35.3 Å². The number of hydrogen-bond acceptors (Lipinski definition) is 5. The molecule has 4 rings (SSSR count). The number of non-ortho nitro benzene ring substituents is 1. The maximum absolute atomic E-state index is 13.0. The van der Waals surface area contributed by atoms with Gasteiger partial charge in [-0.25, -0.2) is 0 Å². The number of ether oxygens (including phenoxy) is 1. The molecule has 0 aromatic heterocycles. The van der Waals surface area contributed by atoms with Crippen LogP contribution in [0.5, 0.6) is 5.75 Å². The third-order valence-electron chi connectivity index (χ3n) is 5.74. The van der Waals surface area contributed by atoms with Gasteiger partial charge in [0.25, 0.3) is 11.6 Å². The van der Waals surface area contributed by atoms with Crippen molar-refractivity contribution in [1.82, 2.24) is 0 Å². The number of nitro benzene ring substituents is 1. The molecule has 0 fully saturated rings. The number of anilines is 1. The van der Waals surface area contributed by atoms with Crippen LogP contribution in [-0.2, 0) is 11.4 Å². The van der Waals surface area contributed by atoms with Gasteiger partial charge in [0.15, 0.2) is 0 Å². The summed E-state index contributed by atoms with van der Waals surface area (Å²) < 4.78 is 6.04. The van der Waals surface area contributed by atoms with Gasteiger partial charge in [0.1, 0.15) is 24.0 Å². The number of rotatable bonds is 7. The Kier molecular flexibility index (Phi) is 7.07. The molecule has 7 nitrogen and oxygen atoms in total. The van der Waals surface area contributed by atoms with Gasteiger partial charge >= 0.3 is 0 Å². The fraction of sp³-hybridized carbons (Fsp3) is 0.103. The molecule has 7 heteroatoms. The first-order valence-corrected chi connectivity index (χ1v) is 11.2. The number of carbonyl (C=O) groups excluding carboxylic acids is 1. The zero-order chi connectivity index (χ0) is 25.7. The molecule has 0 aliphatic carbocycles. The molecule has 0 spiro atoms. The predicted octanol–water partition coefficient (Wildman–Crippen LogP) is 6.49. The molecule has 0 aliphatic heterocycles. The van der Waals surface area contributed by atoms with Crippen LogP contribution in [0.4, 0.5) is 11.4 Å². The molecule has 0 saturated carbocycles. The highest BCUT2D eigenvalue weighted by Gasteiger charge is 2.15. The lowest BCUT2D eigenvalue weighted by atomic mass is 10.0. The second-order valence-corrected chi connectivity index (χ2v) is 8.36. The number of nitro groups is 1. The summed E-state index contributed by atoms with van der Waals surface area (Å²) in [4.78, 5) is 23.7. The van der Waals surface area contributed by atoms with Crippen molar-refractivity contribution >= 4 is 34.1 Å². The normalized spacial score (nSPS) is 11.1. The van der Waals surface area contributed by atoms with Gasteiger partial charge in [0.05, 0.1) is 4.92 Å². The topological polar surface area (TPSA) is 105 Å². The number of nitrogens with one attached hydrogen (secondary N) is 1. The van der Waals surface area contributed by atoms with Gasteiger partial charge in [-0.2, -0.15) is 5.26 Å². The monoisotopic (exact) mass is 477 g/mol. The number of fused-ring (bicyclic) bond motifs is 1. The third kappa shape index (κ3) is 5.40. The summed E-state index contributed by atoms with van der Waals surface area (Å²) >= 11 is 0. The van der Waals surface area contributed by atoms with E-state index in [1.165, 1.54) is 18.2 Å². The van der Waals surface area contributed by atoms with Crippen LogP contribution < -0.4 is 10.1 Å². The second kappa shape index (κ2) is 10.5. The molecule has 0 atom stereocenters. The van der Waals surface area contributed by atoms with Crippen molar-refractivity contribution in [2.45, 2.75) is 20.5 Å². The number of amides is 1. The van der Waals surface area contributed by atoms with E-state index in [2.05, 4.69) is 5.32 Å².